The van der Waals surface area contributed by atoms with Crippen molar-refractivity contribution in [3.8, 4) is 28.6 Å². The number of sulfonamides is 1. The van der Waals surface area contributed by atoms with Gasteiger partial charge in [-0.3, -0.25) is 9.12 Å². The van der Waals surface area contributed by atoms with Crippen LogP contribution < -0.4 is 9.46 Å². The zero-order valence-corrected chi connectivity index (χ0v) is 21.2. The van der Waals surface area contributed by atoms with E-state index in [4.69, 9.17) is 9.15 Å². The predicted molar refractivity (Wildman–Crippen MR) is 134 cm³/mol. The molecule has 1 N–H and O–H groups in total. The van der Waals surface area contributed by atoms with Crippen LogP contribution in [0.1, 0.15) is 5.89 Å². The Morgan fingerprint density at radius 3 is 2.64 bits per heavy atom. The van der Waals surface area contributed by atoms with E-state index in [1.54, 1.807) is 18.5 Å². The molecule has 1 saturated heterocycles. The number of imidazole rings is 1. The molecule has 0 radical (unpaired) electrons. The van der Waals surface area contributed by atoms with Crippen LogP contribution in [0.5, 0.6) is 5.88 Å². The van der Waals surface area contributed by atoms with Crippen molar-refractivity contribution < 1.29 is 17.6 Å². The van der Waals surface area contributed by atoms with Crippen molar-refractivity contribution in [3.63, 3.8) is 0 Å². The molecule has 0 unspecified atom stereocenters. The maximum absolute atomic E-state index is 11.8. The van der Waals surface area contributed by atoms with Crippen LogP contribution in [0.15, 0.2) is 41.2 Å². The first-order valence-corrected chi connectivity index (χ1v) is 13.4. The average Bonchev–Trinajstić information content (AvgIpc) is 3.49. The number of anilines is 1. The van der Waals surface area contributed by atoms with Crippen LogP contribution in [-0.4, -0.2) is 95.9 Å². The lowest BCUT2D eigenvalue weighted by Crippen LogP contribution is -2.45. The quantitative estimate of drug-likeness (QED) is 0.371. The molecule has 36 heavy (non-hydrogen) atoms. The van der Waals surface area contributed by atoms with Crippen molar-refractivity contribution in [1.29, 1.82) is 0 Å². The Balaban J connectivity index is 1.39. The molecule has 0 aliphatic carbocycles. The van der Waals surface area contributed by atoms with Crippen molar-refractivity contribution in [2.24, 2.45) is 0 Å². The van der Waals surface area contributed by atoms with Gasteiger partial charge in [-0.05, 0) is 25.2 Å². The highest BCUT2D eigenvalue weighted by Gasteiger charge is 2.18. The van der Waals surface area contributed by atoms with E-state index in [1.807, 2.05) is 22.7 Å². The summed E-state index contributed by atoms with van der Waals surface area (Å²) in [6.45, 7) is 5.08. The Kier molecular flexibility index (Phi) is 6.60. The minimum absolute atomic E-state index is 0.184. The highest BCUT2D eigenvalue weighted by Crippen LogP contribution is 2.30. The van der Waals surface area contributed by atoms with Gasteiger partial charge in [-0.15, -0.1) is 10.2 Å². The molecule has 0 aromatic carbocycles. The highest BCUT2D eigenvalue weighted by molar-refractivity contribution is 7.92. The summed E-state index contributed by atoms with van der Waals surface area (Å²) in [5, 5.41) is 8.49. The Labute approximate surface area is 209 Å². The van der Waals surface area contributed by atoms with Gasteiger partial charge in [0.25, 0.3) is 5.89 Å². The minimum atomic E-state index is -3.51. The molecule has 0 saturated carbocycles. The highest BCUT2D eigenvalue weighted by atomic mass is 32.2. The number of nitrogens with one attached hydrogen (secondary N) is 1. The lowest BCUT2D eigenvalue weighted by Gasteiger charge is -2.31. The van der Waals surface area contributed by atoms with Gasteiger partial charge in [0.1, 0.15) is 17.0 Å². The van der Waals surface area contributed by atoms with Crippen molar-refractivity contribution in [2.45, 2.75) is 6.42 Å². The third-order valence-electron chi connectivity index (χ3n) is 6.10. The maximum atomic E-state index is 11.8. The average molecular weight is 513 g/mol. The van der Waals surface area contributed by atoms with Crippen LogP contribution in [0.25, 0.3) is 28.4 Å². The second kappa shape index (κ2) is 9.84. The second-order valence-electron chi connectivity index (χ2n) is 8.84. The predicted octanol–water partition coefficient (Wildman–Crippen LogP) is 1.62. The molecule has 4 aromatic heterocycles. The first-order valence-electron chi connectivity index (χ1n) is 11.5. The molecule has 1 fully saturated rings. The zero-order valence-electron chi connectivity index (χ0n) is 20.4. The van der Waals surface area contributed by atoms with Crippen LogP contribution in [0.2, 0.25) is 0 Å². The molecule has 5 heterocycles. The van der Waals surface area contributed by atoms with Gasteiger partial charge >= 0.3 is 0 Å². The van der Waals surface area contributed by atoms with E-state index in [9.17, 15) is 8.42 Å². The standard InChI is InChI=1S/C23H28N8O4S/c1-29-8-10-30(11-9-29)7-6-21-26-27-23(35-21)19-14-24-20-5-4-16(15-31(19)20)17-12-18(28-36(3,32)33)22(34-2)25-13-17/h4-5,12-15,28H,6-11H2,1-3H3. The number of fused-ring (bicyclic) bond motifs is 1. The number of likely N-dealkylation sites (N-methyl/N-ethyl adjacent to an activating group) is 1. The van der Waals surface area contributed by atoms with Crippen molar-refractivity contribution >= 4 is 21.4 Å². The van der Waals surface area contributed by atoms with Gasteiger partial charge in [0, 0.05) is 62.7 Å². The van der Waals surface area contributed by atoms with Gasteiger partial charge in [0.05, 0.1) is 19.6 Å². The summed E-state index contributed by atoms with van der Waals surface area (Å²) in [6, 6.07) is 5.42. The third-order valence-corrected chi connectivity index (χ3v) is 6.69. The molecule has 0 atom stereocenters. The lowest BCUT2D eigenvalue weighted by molar-refractivity contribution is 0.153. The first-order chi connectivity index (χ1) is 17.3. The molecular weight excluding hydrogens is 484 g/mol. The molecule has 4 aromatic rings. The van der Waals surface area contributed by atoms with Crippen LogP contribution in [0.4, 0.5) is 5.69 Å². The third kappa shape index (κ3) is 5.32. The molecule has 1 aliphatic heterocycles. The topological polar surface area (TPSA) is 131 Å². The van der Waals surface area contributed by atoms with E-state index in [2.05, 4.69) is 41.7 Å². The molecule has 0 spiro atoms. The molecule has 5 rings (SSSR count). The molecule has 13 heteroatoms. The van der Waals surface area contributed by atoms with Gasteiger partial charge in [-0.25, -0.2) is 18.4 Å². The number of piperazine rings is 1. The number of ether oxygens (including phenoxy) is 1. The minimum Gasteiger partial charge on any atom is -0.480 e. The number of hydrogen-bond acceptors (Lipinski definition) is 10. The monoisotopic (exact) mass is 512 g/mol. The van der Waals surface area contributed by atoms with E-state index in [1.165, 1.54) is 7.11 Å². The number of hydrogen-bond donors (Lipinski definition) is 1. The summed E-state index contributed by atoms with van der Waals surface area (Å²) < 4.78 is 39.0. The fraction of sp³-hybridized carbons (Fsp3) is 0.391. The lowest BCUT2D eigenvalue weighted by atomic mass is 10.1. The van der Waals surface area contributed by atoms with E-state index in [-0.39, 0.29) is 11.6 Å². The van der Waals surface area contributed by atoms with Gasteiger partial charge in [-0.1, -0.05) is 0 Å². The van der Waals surface area contributed by atoms with Crippen molar-refractivity contribution in [1.82, 2.24) is 34.4 Å². The van der Waals surface area contributed by atoms with Crippen molar-refractivity contribution in [3.05, 3.63) is 42.7 Å². The first kappa shape index (κ1) is 24.2. The summed E-state index contributed by atoms with van der Waals surface area (Å²) in [5.74, 6) is 1.16. The normalized spacial score (nSPS) is 15.4. The maximum Gasteiger partial charge on any atom is 0.266 e. The summed E-state index contributed by atoms with van der Waals surface area (Å²) >= 11 is 0. The Bertz CT molecular complexity index is 1470. The Morgan fingerprint density at radius 1 is 1.08 bits per heavy atom. The summed E-state index contributed by atoms with van der Waals surface area (Å²) in [7, 11) is 0.0646. The Morgan fingerprint density at radius 2 is 1.89 bits per heavy atom. The number of rotatable bonds is 8. The summed E-state index contributed by atoms with van der Waals surface area (Å²) in [5.41, 5.74) is 3.12. The second-order valence-corrected chi connectivity index (χ2v) is 10.6. The number of methoxy groups -OCH3 is 1. The van der Waals surface area contributed by atoms with E-state index >= 15 is 0 Å². The van der Waals surface area contributed by atoms with Crippen LogP contribution in [-0.2, 0) is 16.4 Å². The summed E-state index contributed by atoms with van der Waals surface area (Å²) in [4.78, 5) is 13.4. The molecule has 12 nitrogen and oxygen atoms in total. The largest absolute Gasteiger partial charge is 0.480 e. The molecule has 1 aliphatic rings. The van der Waals surface area contributed by atoms with Crippen LogP contribution in [0.3, 0.4) is 0 Å². The molecule has 0 bridgehead atoms. The molecular formula is C23H28N8O4S. The summed E-state index contributed by atoms with van der Waals surface area (Å²) in [6.07, 6.45) is 6.95. The number of nitrogens with zero attached hydrogens (tertiary/aromatic N) is 7. The van der Waals surface area contributed by atoms with Gasteiger partial charge < -0.3 is 19.0 Å². The fourth-order valence-electron chi connectivity index (χ4n) is 4.14. The number of pyridine rings is 2. The van der Waals surface area contributed by atoms with Gasteiger partial charge in [0.2, 0.25) is 21.8 Å². The van der Waals surface area contributed by atoms with Gasteiger partial charge in [-0.2, -0.15) is 0 Å². The zero-order chi connectivity index (χ0) is 25.3. The SMILES string of the molecule is COc1ncc(-c2ccc3ncc(-c4nnc(CCN5CCN(C)CC5)o4)n3c2)cc1NS(C)(=O)=O. The Hall–Kier alpha value is -3.55. The fourth-order valence-corrected chi connectivity index (χ4v) is 4.68. The van der Waals surface area contributed by atoms with E-state index in [0.29, 0.717) is 35.1 Å². The van der Waals surface area contributed by atoms with Gasteiger partial charge in [0.15, 0.2) is 0 Å². The van der Waals surface area contributed by atoms with Crippen LogP contribution >= 0.6 is 0 Å². The number of aromatic nitrogens is 5. The van der Waals surface area contributed by atoms with E-state index in [0.717, 1.165) is 44.5 Å². The van der Waals surface area contributed by atoms with Crippen LogP contribution in [0, 0.1) is 0 Å². The molecule has 190 valence electrons. The van der Waals surface area contributed by atoms with Crippen molar-refractivity contribution in [2.75, 3.05) is 57.9 Å². The smallest absolute Gasteiger partial charge is 0.266 e. The van der Waals surface area contributed by atoms with E-state index < -0.39 is 10.0 Å². The molecule has 0 amide bonds.